The lowest BCUT2D eigenvalue weighted by atomic mass is 9.85. The Kier molecular flexibility index (Phi) is 5.83. The Balaban J connectivity index is 1.85. The summed E-state index contributed by atoms with van der Waals surface area (Å²) in [6, 6.07) is 2.58. The van der Waals surface area contributed by atoms with Crippen LogP contribution in [0.3, 0.4) is 0 Å². The summed E-state index contributed by atoms with van der Waals surface area (Å²) < 4.78 is 5.72. The number of morpholine rings is 1. The van der Waals surface area contributed by atoms with Crippen molar-refractivity contribution in [3.05, 3.63) is 0 Å². The standard InChI is InChI=1S/C16H29N3O/c1-3-15-12-19(10-11-20-15)9-7-14-6-5-8-16(14,13-17)18-4-2/h14-15,18H,3-12H2,1-2H3. The van der Waals surface area contributed by atoms with Crippen molar-refractivity contribution in [2.75, 3.05) is 32.8 Å². The van der Waals surface area contributed by atoms with Crippen LogP contribution in [0.1, 0.15) is 46.0 Å². The predicted molar refractivity (Wildman–Crippen MR) is 80.4 cm³/mol. The second kappa shape index (κ2) is 7.40. The lowest BCUT2D eigenvalue weighted by Crippen LogP contribution is -2.48. The molecule has 2 aliphatic rings. The van der Waals surface area contributed by atoms with Gasteiger partial charge in [-0.3, -0.25) is 10.2 Å². The van der Waals surface area contributed by atoms with E-state index >= 15 is 0 Å². The zero-order valence-corrected chi connectivity index (χ0v) is 13.0. The highest BCUT2D eigenvalue weighted by Gasteiger charge is 2.42. The van der Waals surface area contributed by atoms with Gasteiger partial charge in [-0.1, -0.05) is 20.3 Å². The highest BCUT2D eigenvalue weighted by Crippen LogP contribution is 2.37. The van der Waals surface area contributed by atoms with Crippen molar-refractivity contribution in [2.45, 2.75) is 57.6 Å². The van der Waals surface area contributed by atoms with Gasteiger partial charge in [0.15, 0.2) is 0 Å². The van der Waals surface area contributed by atoms with Crippen LogP contribution in [0.25, 0.3) is 0 Å². The SMILES string of the molecule is CCNC1(C#N)CCCC1CCN1CCOC(CC)C1. The third kappa shape index (κ3) is 3.52. The lowest BCUT2D eigenvalue weighted by Gasteiger charge is -2.35. The van der Waals surface area contributed by atoms with Crippen molar-refractivity contribution in [3.8, 4) is 6.07 Å². The monoisotopic (exact) mass is 279 g/mol. The molecule has 4 nitrogen and oxygen atoms in total. The average Bonchev–Trinajstić information content (AvgIpc) is 2.89. The second-order valence-electron chi connectivity index (χ2n) is 6.19. The van der Waals surface area contributed by atoms with E-state index in [2.05, 4.69) is 30.1 Å². The first-order valence-corrected chi connectivity index (χ1v) is 8.24. The topological polar surface area (TPSA) is 48.3 Å². The molecular weight excluding hydrogens is 250 g/mol. The van der Waals surface area contributed by atoms with E-state index in [9.17, 15) is 5.26 Å². The Labute approximate surface area is 123 Å². The molecule has 0 aromatic rings. The summed E-state index contributed by atoms with van der Waals surface area (Å²) in [5.74, 6) is 0.510. The number of nitrogens with one attached hydrogen (secondary N) is 1. The van der Waals surface area contributed by atoms with E-state index in [4.69, 9.17) is 4.74 Å². The van der Waals surface area contributed by atoms with Gasteiger partial charge in [0.2, 0.25) is 0 Å². The molecule has 1 aliphatic heterocycles. The van der Waals surface area contributed by atoms with Gasteiger partial charge in [0.1, 0.15) is 5.54 Å². The number of hydrogen-bond acceptors (Lipinski definition) is 4. The van der Waals surface area contributed by atoms with Crippen molar-refractivity contribution in [1.29, 1.82) is 5.26 Å². The zero-order valence-electron chi connectivity index (χ0n) is 13.0. The molecule has 2 fully saturated rings. The Morgan fingerprint density at radius 1 is 1.45 bits per heavy atom. The van der Waals surface area contributed by atoms with Crippen LogP contribution in [0.15, 0.2) is 0 Å². The van der Waals surface area contributed by atoms with E-state index in [-0.39, 0.29) is 5.54 Å². The molecule has 1 heterocycles. The molecule has 0 radical (unpaired) electrons. The van der Waals surface area contributed by atoms with Gasteiger partial charge in [-0.05, 0) is 44.7 Å². The molecule has 114 valence electrons. The number of nitrogens with zero attached hydrogens (tertiary/aromatic N) is 2. The summed E-state index contributed by atoms with van der Waals surface area (Å²) in [4.78, 5) is 2.52. The molecule has 3 atom stereocenters. The highest BCUT2D eigenvalue weighted by atomic mass is 16.5. The smallest absolute Gasteiger partial charge is 0.109 e. The third-order valence-corrected chi connectivity index (χ3v) is 4.98. The molecule has 4 heteroatoms. The summed E-state index contributed by atoms with van der Waals surface area (Å²) in [6.07, 6.45) is 6.04. The van der Waals surface area contributed by atoms with Gasteiger partial charge in [0, 0.05) is 13.1 Å². The van der Waals surface area contributed by atoms with Crippen LogP contribution >= 0.6 is 0 Å². The summed E-state index contributed by atoms with van der Waals surface area (Å²) in [5, 5.41) is 13.1. The van der Waals surface area contributed by atoms with Crippen LogP contribution in [0.4, 0.5) is 0 Å². The first-order chi connectivity index (χ1) is 9.74. The van der Waals surface area contributed by atoms with Crippen LogP contribution in [-0.2, 0) is 4.74 Å². The molecule has 0 aromatic heterocycles. The zero-order chi connectivity index (χ0) is 14.4. The van der Waals surface area contributed by atoms with Gasteiger partial charge in [-0.2, -0.15) is 5.26 Å². The second-order valence-corrected chi connectivity index (χ2v) is 6.19. The molecule has 0 aromatic carbocycles. The molecule has 0 amide bonds. The van der Waals surface area contributed by atoms with E-state index in [0.29, 0.717) is 12.0 Å². The predicted octanol–water partition coefficient (Wildman–Crippen LogP) is 2.16. The summed E-state index contributed by atoms with van der Waals surface area (Å²) in [6.45, 7) is 9.26. The summed E-state index contributed by atoms with van der Waals surface area (Å²) in [7, 11) is 0. The van der Waals surface area contributed by atoms with E-state index < -0.39 is 0 Å². The molecular formula is C16H29N3O. The maximum atomic E-state index is 9.59. The van der Waals surface area contributed by atoms with Gasteiger partial charge < -0.3 is 4.74 Å². The Morgan fingerprint density at radius 2 is 2.30 bits per heavy atom. The minimum Gasteiger partial charge on any atom is -0.376 e. The van der Waals surface area contributed by atoms with Crippen LogP contribution in [0, 0.1) is 17.2 Å². The fraction of sp³-hybridized carbons (Fsp3) is 0.938. The molecule has 1 saturated carbocycles. The first kappa shape index (κ1) is 15.8. The largest absolute Gasteiger partial charge is 0.376 e. The third-order valence-electron chi connectivity index (χ3n) is 4.98. The van der Waals surface area contributed by atoms with E-state index in [1.165, 1.54) is 12.8 Å². The maximum Gasteiger partial charge on any atom is 0.109 e. The number of hydrogen-bond donors (Lipinski definition) is 1. The quantitative estimate of drug-likeness (QED) is 0.809. The Hall–Kier alpha value is -0.630. The summed E-state index contributed by atoms with van der Waals surface area (Å²) in [5.41, 5.74) is -0.259. The molecule has 0 spiro atoms. The lowest BCUT2D eigenvalue weighted by molar-refractivity contribution is -0.0314. The van der Waals surface area contributed by atoms with Crippen molar-refractivity contribution in [1.82, 2.24) is 10.2 Å². The molecule has 3 unspecified atom stereocenters. The van der Waals surface area contributed by atoms with Crippen LogP contribution in [0.5, 0.6) is 0 Å². The van der Waals surface area contributed by atoms with Crippen molar-refractivity contribution in [2.24, 2.45) is 5.92 Å². The molecule has 2 rings (SSSR count). The summed E-state index contributed by atoms with van der Waals surface area (Å²) >= 11 is 0. The first-order valence-electron chi connectivity index (χ1n) is 8.24. The number of rotatable bonds is 6. The minimum absolute atomic E-state index is 0.259. The fourth-order valence-corrected chi connectivity index (χ4v) is 3.77. The minimum atomic E-state index is -0.259. The van der Waals surface area contributed by atoms with Crippen molar-refractivity contribution in [3.63, 3.8) is 0 Å². The van der Waals surface area contributed by atoms with E-state index in [1.54, 1.807) is 0 Å². The van der Waals surface area contributed by atoms with Gasteiger partial charge in [-0.15, -0.1) is 0 Å². The Morgan fingerprint density at radius 3 is 3.00 bits per heavy atom. The average molecular weight is 279 g/mol. The highest BCUT2D eigenvalue weighted by molar-refractivity contribution is 5.14. The molecule has 1 N–H and O–H groups in total. The van der Waals surface area contributed by atoms with Crippen LogP contribution < -0.4 is 5.32 Å². The van der Waals surface area contributed by atoms with E-state index in [1.807, 2.05) is 0 Å². The normalized spacial score (nSPS) is 35.0. The fourth-order valence-electron chi connectivity index (χ4n) is 3.77. The van der Waals surface area contributed by atoms with Gasteiger partial charge in [-0.25, -0.2) is 0 Å². The van der Waals surface area contributed by atoms with Gasteiger partial charge in [0.05, 0.1) is 18.8 Å². The van der Waals surface area contributed by atoms with Gasteiger partial charge >= 0.3 is 0 Å². The van der Waals surface area contributed by atoms with Crippen molar-refractivity contribution >= 4 is 0 Å². The van der Waals surface area contributed by atoms with Crippen LogP contribution in [-0.4, -0.2) is 49.3 Å². The van der Waals surface area contributed by atoms with Crippen LogP contribution in [0.2, 0.25) is 0 Å². The Bertz CT molecular complexity index is 341. The van der Waals surface area contributed by atoms with Gasteiger partial charge in [0.25, 0.3) is 0 Å². The molecule has 1 saturated heterocycles. The maximum absolute atomic E-state index is 9.59. The van der Waals surface area contributed by atoms with E-state index in [0.717, 1.165) is 52.0 Å². The number of nitriles is 1. The molecule has 1 aliphatic carbocycles. The number of ether oxygens (including phenoxy) is 1. The van der Waals surface area contributed by atoms with Crippen molar-refractivity contribution < 1.29 is 4.74 Å². The molecule has 0 bridgehead atoms. The molecule has 20 heavy (non-hydrogen) atoms.